The summed E-state index contributed by atoms with van der Waals surface area (Å²) in [4.78, 5) is 24.1. The Morgan fingerprint density at radius 2 is 2.00 bits per heavy atom. The minimum atomic E-state index is -0.317. The maximum absolute atomic E-state index is 12.1. The lowest BCUT2D eigenvalue weighted by atomic mass is 10.1. The van der Waals surface area contributed by atoms with Crippen LogP contribution in [0.25, 0.3) is 0 Å². The summed E-state index contributed by atoms with van der Waals surface area (Å²) in [6.45, 7) is 2.18. The predicted molar refractivity (Wildman–Crippen MR) is 101 cm³/mol. The van der Waals surface area contributed by atoms with Crippen molar-refractivity contribution in [2.24, 2.45) is 0 Å². The number of carbonyl (C=O) groups is 2. The maximum atomic E-state index is 12.1. The maximum Gasteiger partial charge on any atom is 0.258 e. The Morgan fingerprint density at radius 3 is 2.78 bits per heavy atom. The van der Waals surface area contributed by atoms with Gasteiger partial charge in [0.15, 0.2) is 23.9 Å². The van der Waals surface area contributed by atoms with Gasteiger partial charge in [-0.2, -0.15) is 0 Å². The molecule has 2 aromatic rings. The van der Waals surface area contributed by atoms with Gasteiger partial charge >= 0.3 is 0 Å². The standard InChI is InChI=1S/C20H20ClNO5/c1-2-16(23)15-9-13(21)7-8-17(15)26-12-20(24)22-10-14-11-25-18-5-3-4-6-19(18)27-14/h3-9,14H,2,10-12H2,1H3,(H,22,24)/t14-/m1/s1. The van der Waals surface area contributed by atoms with E-state index in [2.05, 4.69) is 5.32 Å². The first-order valence-electron chi connectivity index (χ1n) is 8.67. The third kappa shape index (κ3) is 4.92. The molecule has 2 aromatic carbocycles. The fourth-order valence-corrected chi connectivity index (χ4v) is 2.79. The summed E-state index contributed by atoms with van der Waals surface area (Å²) < 4.78 is 16.9. The molecule has 1 aliphatic heterocycles. The average Bonchev–Trinajstić information content (AvgIpc) is 2.70. The molecule has 1 heterocycles. The predicted octanol–water partition coefficient (Wildman–Crippen LogP) is 3.27. The van der Waals surface area contributed by atoms with E-state index >= 15 is 0 Å². The molecular weight excluding hydrogens is 370 g/mol. The second kappa shape index (κ2) is 8.77. The number of hydrogen-bond acceptors (Lipinski definition) is 5. The summed E-state index contributed by atoms with van der Waals surface area (Å²) in [7, 11) is 0. The molecule has 0 saturated heterocycles. The monoisotopic (exact) mass is 389 g/mol. The number of rotatable bonds is 7. The number of ketones is 1. The Hall–Kier alpha value is -2.73. The zero-order valence-corrected chi connectivity index (χ0v) is 15.6. The molecule has 0 unspecified atom stereocenters. The van der Waals surface area contributed by atoms with Gasteiger partial charge in [0.2, 0.25) is 0 Å². The number of nitrogens with one attached hydrogen (secondary N) is 1. The van der Waals surface area contributed by atoms with Gasteiger partial charge in [-0.3, -0.25) is 9.59 Å². The van der Waals surface area contributed by atoms with E-state index in [-0.39, 0.29) is 30.9 Å². The molecule has 0 aromatic heterocycles. The zero-order valence-electron chi connectivity index (χ0n) is 14.9. The molecule has 1 atom stereocenters. The molecule has 6 nitrogen and oxygen atoms in total. The highest BCUT2D eigenvalue weighted by Gasteiger charge is 2.21. The molecule has 0 spiro atoms. The van der Waals surface area contributed by atoms with Gasteiger partial charge in [-0.15, -0.1) is 0 Å². The van der Waals surface area contributed by atoms with Crippen LogP contribution in [0.15, 0.2) is 42.5 Å². The SMILES string of the molecule is CCC(=O)c1cc(Cl)ccc1OCC(=O)NC[C@@H]1COc2ccccc2O1. The first kappa shape index (κ1) is 19.0. The van der Waals surface area contributed by atoms with E-state index in [1.54, 1.807) is 25.1 Å². The molecule has 0 fully saturated rings. The Balaban J connectivity index is 1.50. The van der Waals surface area contributed by atoms with E-state index < -0.39 is 0 Å². The summed E-state index contributed by atoms with van der Waals surface area (Å²) in [5, 5.41) is 3.19. The third-order valence-corrected chi connectivity index (χ3v) is 4.25. The van der Waals surface area contributed by atoms with E-state index in [1.807, 2.05) is 24.3 Å². The molecule has 0 saturated carbocycles. The Morgan fingerprint density at radius 1 is 1.22 bits per heavy atom. The van der Waals surface area contributed by atoms with E-state index in [1.165, 1.54) is 0 Å². The summed E-state index contributed by atoms with van der Waals surface area (Å²) in [6.07, 6.45) is 0.0419. The fraction of sp³-hybridized carbons (Fsp3) is 0.300. The van der Waals surface area contributed by atoms with Crippen molar-refractivity contribution in [3.63, 3.8) is 0 Å². The van der Waals surface area contributed by atoms with Gasteiger partial charge < -0.3 is 19.5 Å². The summed E-state index contributed by atoms with van der Waals surface area (Å²) >= 11 is 5.94. The van der Waals surface area contributed by atoms with Crippen LogP contribution in [-0.2, 0) is 4.79 Å². The number of ether oxygens (including phenoxy) is 3. The topological polar surface area (TPSA) is 73.9 Å². The number of carbonyl (C=O) groups excluding carboxylic acids is 2. The number of fused-ring (bicyclic) bond motifs is 1. The van der Waals surface area contributed by atoms with Gasteiger partial charge in [0.25, 0.3) is 5.91 Å². The fourth-order valence-electron chi connectivity index (χ4n) is 2.62. The molecule has 0 radical (unpaired) electrons. The first-order valence-corrected chi connectivity index (χ1v) is 9.05. The van der Waals surface area contributed by atoms with Crippen LogP contribution in [0.4, 0.5) is 0 Å². The zero-order chi connectivity index (χ0) is 19.2. The second-order valence-electron chi connectivity index (χ2n) is 6.01. The van der Waals surface area contributed by atoms with Gasteiger partial charge in [-0.1, -0.05) is 30.7 Å². The molecule has 142 valence electrons. The normalized spacial score (nSPS) is 15.1. The largest absolute Gasteiger partial charge is 0.486 e. The van der Waals surface area contributed by atoms with Crippen molar-refractivity contribution >= 4 is 23.3 Å². The van der Waals surface area contributed by atoms with Crippen LogP contribution in [0.2, 0.25) is 5.02 Å². The van der Waals surface area contributed by atoms with Crippen molar-refractivity contribution in [1.29, 1.82) is 0 Å². The van der Waals surface area contributed by atoms with E-state index in [9.17, 15) is 9.59 Å². The van der Waals surface area contributed by atoms with Gasteiger partial charge in [-0.25, -0.2) is 0 Å². The van der Waals surface area contributed by atoms with Gasteiger partial charge in [0.05, 0.1) is 12.1 Å². The molecular formula is C20H20ClNO5. The quantitative estimate of drug-likeness (QED) is 0.736. The van der Waals surface area contributed by atoms with Crippen LogP contribution in [0, 0.1) is 0 Å². The van der Waals surface area contributed by atoms with E-state index in [4.69, 9.17) is 25.8 Å². The first-order chi connectivity index (χ1) is 13.1. The molecule has 27 heavy (non-hydrogen) atoms. The van der Waals surface area contributed by atoms with Crippen LogP contribution in [0.3, 0.4) is 0 Å². The summed E-state index contributed by atoms with van der Waals surface area (Å²) in [5.41, 5.74) is 0.374. The summed E-state index contributed by atoms with van der Waals surface area (Å²) in [6, 6.07) is 12.1. The molecule has 0 aliphatic carbocycles. The number of para-hydroxylation sites is 2. The molecule has 1 amide bonds. The van der Waals surface area contributed by atoms with E-state index in [0.29, 0.717) is 40.9 Å². The van der Waals surface area contributed by atoms with Crippen molar-refractivity contribution in [1.82, 2.24) is 5.32 Å². The van der Waals surface area contributed by atoms with Crippen LogP contribution < -0.4 is 19.5 Å². The van der Waals surface area contributed by atoms with Gasteiger partial charge in [0.1, 0.15) is 18.5 Å². The smallest absolute Gasteiger partial charge is 0.258 e. The van der Waals surface area contributed by atoms with Crippen molar-refractivity contribution in [3.05, 3.63) is 53.1 Å². The Labute approximate surface area is 162 Å². The highest BCUT2D eigenvalue weighted by atomic mass is 35.5. The van der Waals surface area contributed by atoms with Crippen LogP contribution in [0.5, 0.6) is 17.2 Å². The Kier molecular flexibility index (Phi) is 6.19. The van der Waals surface area contributed by atoms with Crippen molar-refractivity contribution in [3.8, 4) is 17.2 Å². The minimum absolute atomic E-state index is 0.0978. The molecule has 3 rings (SSSR count). The number of Topliss-reactive ketones (excluding diaryl/α,β-unsaturated/α-hetero) is 1. The highest BCUT2D eigenvalue weighted by molar-refractivity contribution is 6.31. The number of hydrogen-bond donors (Lipinski definition) is 1. The lowest BCUT2D eigenvalue weighted by Gasteiger charge is -2.26. The molecule has 0 bridgehead atoms. The number of benzene rings is 2. The van der Waals surface area contributed by atoms with Crippen LogP contribution >= 0.6 is 11.6 Å². The van der Waals surface area contributed by atoms with Crippen molar-refractivity contribution in [2.75, 3.05) is 19.8 Å². The molecule has 1 N–H and O–H groups in total. The number of amides is 1. The number of halogens is 1. The van der Waals surface area contributed by atoms with Crippen LogP contribution in [0.1, 0.15) is 23.7 Å². The molecule has 1 aliphatic rings. The summed E-state index contributed by atoms with van der Waals surface area (Å²) in [5.74, 6) is 1.27. The van der Waals surface area contributed by atoms with E-state index in [0.717, 1.165) is 0 Å². The van der Waals surface area contributed by atoms with Gasteiger partial charge in [0, 0.05) is 11.4 Å². The average molecular weight is 390 g/mol. The van der Waals surface area contributed by atoms with Crippen molar-refractivity contribution in [2.45, 2.75) is 19.4 Å². The van der Waals surface area contributed by atoms with Crippen LogP contribution in [-0.4, -0.2) is 37.6 Å². The second-order valence-corrected chi connectivity index (χ2v) is 6.44. The third-order valence-electron chi connectivity index (χ3n) is 4.02. The highest BCUT2D eigenvalue weighted by Crippen LogP contribution is 2.30. The van der Waals surface area contributed by atoms with Crippen molar-refractivity contribution < 1.29 is 23.8 Å². The minimum Gasteiger partial charge on any atom is -0.486 e. The van der Waals surface area contributed by atoms with Gasteiger partial charge in [-0.05, 0) is 30.3 Å². The lowest BCUT2D eigenvalue weighted by molar-refractivity contribution is -0.123. The Bertz CT molecular complexity index is 839. The lowest BCUT2D eigenvalue weighted by Crippen LogP contribution is -2.42. The molecule has 7 heteroatoms.